The average molecular weight is 278 g/mol. The van der Waals surface area contributed by atoms with E-state index in [-0.39, 0.29) is 22.8 Å². The molecule has 1 rings (SSSR count). The average Bonchev–Trinajstić information content (AvgIpc) is 2.64. The Balaban J connectivity index is 2.84. The number of hydrogen-bond donors (Lipinski definition) is 2. The number of nitrogens with zero attached hydrogens (tertiary/aromatic N) is 1. The molecule has 98 valence electrons. The highest BCUT2D eigenvalue weighted by Gasteiger charge is 2.23. The third-order valence-electron chi connectivity index (χ3n) is 2.42. The molecule has 0 amide bonds. The van der Waals surface area contributed by atoms with Crippen LogP contribution in [0.15, 0.2) is 10.4 Å². The third-order valence-corrected chi connectivity index (χ3v) is 5.28. The van der Waals surface area contributed by atoms with Gasteiger partial charge in [0.25, 0.3) is 10.0 Å². The number of nitrogens with one attached hydrogen (secondary N) is 1. The molecule has 0 aliphatic heterocycles. The van der Waals surface area contributed by atoms with Gasteiger partial charge in [-0.25, -0.2) is 18.1 Å². The van der Waals surface area contributed by atoms with Crippen LogP contribution in [0.3, 0.4) is 0 Å². The lowest BCUT2D eigenvalue weighted by Crippen LogP contribution is -2.38. The fourth-order valence-corrected chi connectivity index (χ4v) is 3.93. The molecule has 0 aliphatic carbocycles. The van der Waals surface area contributed by atoms with Crippen LogP contribution in [-0.2, 0) is 10.0 Å². The zero-order chi connectivity index (χ0) is 13.1. The largest absolute Gasteiger partial charge is 0.396 e. The van der Waals surface area contributed by atoms with Crippen LogP contribution in [0.4, 0.5) is 0 Å². The van der Waals surface area contributed by atoms with Crippen molar-refractivity contribution in [1.82, 2.24) is 9.71 Å². The van der Waals surface area contributed by atoms with E-state index in [4.69, 9.17) is 5.11 Å². The van der Waals surface area contributed by atoms with E-state index < -0.39 is 10.0 Å². The van der Waals surface area contributed by atoms with E-state index >= 15 is 0 Å². The maximum Gasteiger partial charge on any atom is 0.251 e. The number of aromatic nitrogens is 1. The van der Waals surface area contributed by atoms with Gasteiger partial charge in [0.2, 0.25) is 0 Å². The standard InChI is InChI=1S/C10H18N2O3S2/c1-7(2)9(4-5-13)12-17(14,15)10-6-11-8(3)16-10/h6-7,9,12-13H,4-5H2,1-3H3. The van der Waals surface area contributed by atoms with E-state index in [1.807, 2.05) is 13.8 Å². The van der Waals surface area contributed by atoms with E-state index in [9.17, 15) is 8.42 Å². The van der Waals surface area contributed by atoms with Crippen molar-refractivity contribution < 1.29 is 13.5 Å². The molecular formula is C10H18N2O3S2. The second-order valence-electron chi connectivity index (χ2n) is 4.18. The molecule has 0 saturated heterocycles. The summed E-state index contributed by atoms with van der Waals surface area (Å²) in [6.45, 7) is 5.56. The van der Waals surface area contributed by atoms with Gasteiger partial charge in [0.1, 0.15) is 0 Å². The molecule has 1 heterocycles. The Kier molecular flexibility index (Phi) is 5.05. The quantitative estimate of drug-likeness (QED) is 0.817. The predicted molar refractivity (Wildman–Crippen MR) is 67.5 cm³/mol. The van der Waals surface area contributed by atoms with Gasteiger partial charge in [-0.15, -0.1) is 11.3 Å². The van der Waals surface area contributed by atoms with Crippen molar-refractivity contribution in [2.75, 3.05) is 6.61 Å². The summed E-state index contributed by atoms with van der Waals surface area (Å²) >= 11 is 1.14. The van der Waals surface area contributed by atoms with Crippen LogP contribution in [0, 0.1) is 12.8 Å². The molecule has 1 aromatic rings. The minimum absolute atomic E-state index is 0.0346. The summed E-state index contributed by atoms with van der Waals surface area (Å²) < 4.78 is 26.9. The summed E-state index contributed by atoms with van der Waals surface area (Å²) in [5.41, 5.74) is 0. The molecule has 0 aliphatic rings. The lowest BCUT2D eigenvalue weighted by Gasteiger charge is -2.20. The highest BCUT2D eigenvalue weighted by Crippen LogP contribution is 2.19. The fraction of sp³-hybridized carbons (Fsp3) is 0.700. The maximum absolute atomic E-state index is 12.0. The summed E-state index contributed by atoms with van der Waals surface area (Å²) in [6.07, 6.45) is 1.77. The first-order valence-corrected chi connectivity index (χ1v) is 7.72. The van der Waals surface area contributed by atoms with Gasteiger partial charge in [-0.3, -0.25) is 0 Å². The SMILES string of the molecule is Cc1ncc(S(=O)(=O)NC(CCO)C(C)C)s1. The predicted octanol–water partition coefficient (Wildman–Crippen LogP) is 1.14. The van der Waals surface area contributed by atoms with Crippen molar-refractivity contribution in [3.8, 4) is 0 Å². The molecule has 0 spiro atoms. The molecule has 0 bridgehead atoms. The zero-order valence-corrected chi connectivity index (χ0v) is 11.8. The summed E-state index contributed by atoms with van der Waals surface area (Å²) in [4.78, 5) is 3.93. The summed E-state index contributed by atoms with van der Waals surface area (Å²) in [5, 5.41) is 9.63. The maximum atomic E-state index is 12.0. The second kappa shape index (κ2) is 5.90. The second-order valence-corrected chi connectivity index (χ2v) is 7.36. The number of rotatable bonds is 6. The third kappa shape index (κ3) is 4.02. The molecule has 1 atom stereocenters. The zero-order valence-electron chi connectivity index (χ0n) is 10.2. The number of aryl methyl sites for hydroxylation is 1. The first-order chi connectivity index (χ1) is 7.86. The van der Waals surface area contributed by atoms with Gasteiger partial charge >= 0.3 is 0 Å². The first-order valence-electron chi connectivity index (χ1n) is 5.42. The Labute approximate surface area is 106 Å². The highest BCUT2D eigenvalue weighted by molar-refractivity contribution is 7.91. The van der Waals surface area contributed by atoms with Gasteiger partial charge in [-0.1, -0.05) is 13.8 Å². The summed E-state index contributed by atoms with van der Waals surface area (Å²) in [5.74, 6) is 0.131. The van der Waals surface area contributed by atoms with E-state index in [1.165, 1.54) is 6.20 Å². The number of aliphatic hydroxyl groups is 1. The van der Waals surface area contributed by atoms with E-state index in [1.54, 1.807) is 6.92 Å². The van der Waals surface area contributed by atoms with Gasteiger partial charge in [-0.2, -0.15) is 0 Å². The number of thiazole rings is 1. The molecule has 17 heavy (non-hydrogen) atoms. The Hall–Kier alpha value is -0.500. The topological polar surface area (TPSA) is 79.3 Å². The molecule has 2 N–H and O–H groups in total. The number of aliphatic hydroxyl groups excluding tert-OH is 1. The minimum Gasteiger partial charge on any atom is -0.396 e. The summed E-state index contributed by atoms with van der Waals surface area (Å²) in [6, 6.07) is -0.257. The van der Waals surface area contributed by atoms with Crippen molar-refractivity contribution in [2.24, 2.45) is 5.92 Å². The molecule has 0 aromatic carbocycles. The van der Waals surface area contributed by atoms with Crippen LogP contribution in [-0.4, -0.2) is 31.2 Å². The van der Waals surface area contributed by atoms with Crippen LogP contribution < -0.4 is 4.72 Å². The molecule has 0 radical (unpaired) electrons. The van der Waals surface area contributed by atoms with Crippen molar-refractivity contribution in [3.63, 3.8) is 0 Å². The van der Waals surface area contributed by atoms with E-state index in [0.29, 0.717) is 11.4 Å². The highest BCUT2D eigenvalue weighted by atomic mass is 32.2. The smallest absolute Gasteiger partial charge is 0.251 e. The fourth-order valence-electron chi connectivity index (χ4n) is 1.39. The minimum atomic E-state index is -3.51. The van der Waals surface area contributed by atoms with Gasteiger partial charge in [-0.05, 0) is 19.3 Å². The van der Waals surface area contributed by atoms with Gasteiger partial charge in [0.15, 0.2) is 4.21 Å². The van der Waals surface area contributed by atoms with Crippen molar-refractivity contribution in [2.45, 2.75) is 37.4 Å². The molecule has 1 aromatic heterocycles. The van der Waals surface area contributed by atoms with Crippen LogP contribution in [0.2, 0.25) is 0 Å². The number of sulfonamides is 1. The van der Waals surface area contributed by atoms with Gasteiger partial charge in [0, 0.05) is 12.6 Å². The Morgan fingerprint density at radius 1 is 1.53 bits per heavy atom. The molecule has 0 saturated carbocycles. The van der Waals surface area contributed by atoms with E-state index in [0.717, 1.165) is 11.3 Å². The molecule has 7 heteroatoms. The summed E-state index contributed by atoms with van der Waals surface area (Å²) in [7, 11) is -3.51. The van der Waals surface area contributed by atoms with Crippen LogP contribution in [0.5, 0.6) is 0 Å². The van der Waals surface area contributed by atoms with Crippen LogP contribution >= 0.6 is 11.3 Å². The lowest BCUT2D eigenvalue weighted by molar-refractivity contribution is 0.256. The normalized spacial score (nSPS) is 14.2. The first kappa shape index (κ1) is 14.6. The lowest BCUT2D eigenvalue weighted by atomic mass is 10.0. The van der Waals surface area contributed by atoms with Crippen molar-refractivity contribution >= 4 is 21.4 Å². The van der Waals surface area contributed by atoms with Crippen molar-refractivity contribution in [3.05, 3.63) is 11.2 Å². The Morgan fingerprint density at radius 2 is 2.18 bits per heavy atom. The molecule has 0 fully saturated rings. The van der Waals surface area contributed by atoms with E-state index in [2.05, 4.69) is 9.71 Å². The van der Waals surface area contributed by atoms with Gasteiger partial charge < -0.3 is 5.11 Å². The van der Waals surface area contributed by atoms with Gasteiger partial charge in [0.05, 0.1) is 11.2 Å². The molecule has 1 unspecified atom stereocenters. The van der Waals surface area contributed by atoms with Crippen LogP contribution in [0.1, 0.15) is 25.3 Å². The van der Waals surface area contributed by atoms with Crippen LogP contribution in [0.25, 0.3) is 0 Å². The molecular weight excluding hydrogens is 260 g/mol. The number of hydrogen-bond acceptors (Lipinski definition) is 5. The Bertz CT molecular complexity index is 454. The molecule has 5 nitrogen and oxygen atoms in total. The Morgan fingerprint density at radius 3 is 2.59 bits per heavy atom. The van der Waals surface area contributed by atoms with Crippen molar-refractivity contribution in [1.29, 1.82) is 0 Å². The monoisotopic (exact) mass is 278 g/mol.